The van der Waals surface area contributed by atoms with E-state index in [0.29, 0.717) is 12.4 Å². The van der Waals surface area contributed by atoms with Gasteiger partial charge in [0.15, 0.2) is 0 Å². The molecule has 0 aliphatic heterocycles. The van der Waals surface area contributed by atoms with Crippen LogP contribution in [0.3, 0.4) is 0 Å². The van der Waals surface area contributed by atoms with E-state index < -0.39 is 5.41 Å². The maximum absolute atomic E-state index is 14.1. The lowest BCUT2D eigenvalue weighted by Crippen LogP contribution is -2.39. The molecule has 0 saturated heterocycles. The number of anilines is 1. The van der Waals surface area contributed by atoms with Gasteiger partial charge in [0.05, 0.1) is 11.1 Å². The molecule has 3 unspecified atom stereocenters. The molecule has 2 heterocycles. The Morgan fingerprint density at radius 3 is 2.61 bits per heavy atom. The molecule has 0 bridgehead atoms. The number of H-pyrrole nitrogens is 1. The Bertz CT molecular complexity index is 1630. The number of carbonyl (C=O) groups is 1. The Hall–Kier alpha value is -4.25. The number of pyridine rings is 1. The van der Waals surface area contributed by atoms with Crippen LogP contribution in [-0.4, -0.2) is 20.9 Å². The first-order valence-corrected chi connectivity index (χ1v) is 13.3. The lowest BCUT2D eigenvalue weighted by molar-refractivity contribution is -0.126. The summed E-state index contributed by atoms with van der Waals surface area (Å²) >= 11 is 0. The topological polar surface area (TPSA) is 70.7 Å². The van der Waals surface area contributed by atoms with E-state index in [0.717, 1.165) is 34.1 Å². The van der Waals surface area contributed by atoms with Crippen molar-refractivity contribution in [3.05, 3.63) is 114 Å². The number of amides is 1. The number of carbonyl (C=O) groups excluding carboxylic acids is 1. The van der Waals surface area contributed by atoms with Gasteiger partial charge in [-0.1, -0.05) is 93.6 Å². The molecule has 5 nitrogen and oxygen atoms in total. The molecule has 190 valence electrons. The van der Waals surface area contributed by atoms with Gasteiger partial charge in [0.2, 0.25) is 11.9 Å². The van der Waals surface area contributed by atoms with Gasteiger partial charge >= 0.3 is 0 Å². The highest BCUT2D eigenvalue weighted by Gasteiger charge is 2.43. The fourth-order valence-corrected chi connectivity index (χ4v) is 6.13. The van der Waals surface area contributed by atoms with Crippen molar-refractivity contribution in [1.82, 2.24) is 15.0 Å². The zero-order valence-electron chi connectivity index (χ0n) is 22.0. The predicted molar refractivity (Wildman–Crippen MR) is 153 cm³/mol. The molecule has 5 heteroatoms. The summed E-state index contributed by atoms with van der Waals surface area (Å²) in [6.45, 7) is 6.45. The lowest BCUT2D eigenvalue weighted by Gasteiger charge is -2.36. The number of aromatic nitrogens is 3. The molecule has 3 atom stereocenters. The van der Waals surface area contributed by atoms with Gasteiger partial charge in [-0.3, -0.25) is 15.1 Å². The second-order valence-corrected chi connectivity index (χ2v) is 10.8. The Morgan fingerprint density at radius 2 is 1.71 bits per heavy atom. The maximum Gasteiger partial charge on any atom is 0.233 e. The van der Waals surface area contributed by atoms with Crippen molar-refractivity contribution in [2.45, 2.75) is 45.4 Å². The monoisotopic (exact) mass is 500 g/mol. The first kappa shape index (κ1) is 24.1. The van der Waals surface area contributed by atoms with Crippen LogP contribution in [-0.2, 0) is 11.2 Å². The number of nitrogens with one attached hydrogen (secondary N) is 2. The van der Waals surface area contributed by atoms with Crippen molar-refractivity contribution >= 4 is 22.6 Å². The highest BCUT2D eigenvalue weighted by Crippen LogP contribution is 2.46. The van der Waals surface area contributed by atoms with Crippen LogP contribution in [0.4, 0.5) is 5.95 Å². The van der Waals surface area contributed by atoms with Gasteiger partial charge in [-0.05, 0) is 58.2 Å². The van der Waals surface area contributed by atoms with Crippen molar-refractivity contribution in [1.29, 1.82) is 0 Å². The van der Waals surface area contributed by atoms with E-state index in [1.54, 1.807) is 0 Å². The zero-order valence-corrected chi connectivity index (χ0v) is 22.0. The van der Waals surface area contributed by atoms with Crippen LogP contribution < -0.4 is 5.32 Å². The van der Waals surface area contributed by atoms with E-state index in [-0.39, 0.29) is 17.7 Å². The number of rotatable bonds is 3. The number of fused-ring (bicyclic) bond motifs is 3. The number of nitrogens with zero attached hydrogens (tertiary/aromatic N) is 2. The molecule has 2 N–H and O–H groups in total. The highest BCUT2D eigenvalue weighted by molar-refractivity contribution is 5.97. The third-order valence-corrected chi connectivity index (χ3v) is 8.38. The van der Waals surface area contributed by atoms with Crippen LogP contribution in [0, 0.1) is 5.41 Å². The summed E-state index contributed by atoms with van der Waals surface area (Å²) in [5.74, 6) is 0.556. The molecular weight excluding hydrogens is 468 g/mol. The minimum absolute atomic E-state index is 0.00274. The van der Waals surface area contributed by atoms with Crippen LogP contribution in [0.15, 0.2) is 91.3 Å². The number of benzene rings is 3. The minimum Gasteiger partial charge on any atom is -0.330 e. The van der Waals surface area contributed by atoms with E-state index in [2.05, 4.69) is 85.7 Å². The van der Waals surface area contributed by atoms with Crippen LogP contribution in [0.1, 0.15) is 61.4 Å². The van der Waals surface area contributed by atoms with Crippen molar-refractivity contribution in [3.8, 4) is 11.3 Å². The average molecular weight is 501 g/mol. The number of hydrogen-bond donors (Lipinski definition) is 2. The average Bonchev–Trinajstić information content (AvgIpc) is 3.41. The quantitative estimate of drug-likeness (QED) is 0.270. The molecule has 38 heavy (non-hydrogen) atoms. The molecule has 1 aliphatic rings. The molecular formula is C33H32N4O. The van der Waals surface area contributed by atoms with Gasteiger partial charge < -0.3 is 4.98 Å². The summed E-state index contributed by atoms with van der Waals surface area (Å²) in [4.78, 5) is 26.9. The Kier molecular flexibility index (Phi) is 6.07. The molecule has 1 aliphatic carbocycles. The SMILES string of the molecule is CC1CC(C)(C(=O)Nc2nc(-c3cccc4ccccc34)c[nH]2)C(C)c2ccccc2Cc2cccnc21. The normalized spacial score (nSPS) is 21.0. The van der Waals surface area contributed by atoms with Crippen molar-refractivity contribution in [3.63, 3.8) is 0 Å². The number of aromatic amines is 1. The van der Waals surface area contributed by atoms with Crippen molar-refractivity contribution in [2.75, 3.05) is 5.32 Å². The number of imidazole rings is 1. The molecule has 6 rings (SSSR count). The van der Waals surface area contributed by atoms with E-state index in [4.69, 9.17) is 9.97 Å². The third-order valence-electron chi connectivity index (χ3n) is 8.38. The van der Waals surface area contributed by atoms with E-state index in [9.17, 15) is 4.79 Å². The molecule has 2 aromatic heterocycles. The van der Waals surface area contributed by atoms with E-state index >= 15 is 0 Å². The van der Waals surface area contributed by atoms with Gasteiger partial charge in [-0.2, -0.15) is 0 Å². The molecule has 3 aromatic carbocycles. The van der Waals surface area contributed by atoms with Crippen molar-refractivity contribution in [2.24, 2.45) is 5.41 Å². The Labute approximate surface area is 223 Å². The second kappa shape index (κ2) is 9.56. The molecule has 0 saturated carbocycles. The fourth-order valence-electron chi connectivity index (χ4n) is 6.13. The molecule has 0 spiro atoms. The van der Waals surface area contributed by atoms with Gasteiger partial charge in [-0.25, -0.2) is 4.98 Å². The van der Waals surface area contributed by atoms with Gasteiger partial charge in [0.1, 0.15) is 0 Å². The standard InChI is InChI=1S/C33H32N4O/c1-21-19-33(3,22(2)26-14-6-5-11-24(26)18-25-13-9-17-34-30(21)25)31(38)37-32-35-20-29(36-32)28-16-8-12-23-10-4-7-15-27(23)28/h4-17,20-22H,18-19H2,1-3H3,(H2,35,36,37,38). The fraction of sp³-hybridized carbons (Fsp3) is 0.242. The highest BCUT2D eigenvalue weighted by atomic mass is 16.2. The molecule has 0 radical (unpaired) electrons. The van der Waals surface area contributed by atoms with Crippen LogP contribution in [0.25, 0.3) is 22.0 Å². The maximum atomic E-state index is 14.1. The van der Waals surface area contributed by atoms with Gasteiger partial charge in [0.25, 0.3) is 0 Å². The summed E-state index contributed by atoms with van der Waals surface area (Å²) in [7, 11) is 0. The summed E-state index contributed by atoms with van der Waals surface area (Å²) in [5.41, 5.74) is 5.93. The van der Waals surface area contributed by atoms with Crippen LogP contribution in [0.2, 0.25) is 0 Å². The van der Waals surface area contributed by atoms with Crippen LogP contribution in [0.5, 0.6) is 0 Å². The summed E-state index contributed by atoms with van der Waals surface area (Å²) in [5, 5.41) is 5.43. The molecule has 0 fully saturated rings. The Morgan fingerprint density at radius 1 is 0.947 bits per heavy atom. The van der Waals surface area contributed by atoms with E-state index in [1.165, 1.54) is 16.7 Å². The summed E-state index contributed by atoms with van der Waals surface area (Å²) < 4.78 is 0. The first-order chi connectivity index (χ1) is 18.4. The minimum atomic E-state index is -0.680. The summed E-state index contributed by atoms with van der Waals surface area (Å²) in [6, 6.07) is 27.1. The smallest absolute Gasteiger partial charge is 0.233 e. The van der Waals surface area contributed by atoms with Gasteiger partial charge in [0, 0.05) is 23.7 Å². The third kappa shape index (κ3) is 4.18. The molecule has 1 amide bonds. The number of hydrogen-bond acceptors (Lipinski definition) is 3. The van der Waals surface area contributed by atoms with Gasteiger partial charge in [-0.15, -0.1) is 0 Å². The first-order valence-electron chi connectivity index (χ1n) is 13.3. The zero-order chi connectivity index (χ0) is 26.3. The summed E-state index contributed by atoms with van der Waals surface area (Å²) in [6.07, 6.45) is 5.22. The molecule has 5 aromatic rings. The Balaban J connectivity index is 1.35. The largest absolute Gasteiger partial charge is 0.330 e. The van der Waals surface area contributed by atoms with Crippen LogP contribution >= 0.6 is 0 Å². The lowest BCUT2D eigenvalue weighted by atomic mass is 9.68. The van der Waals surface area contributed by atoms with E-state index in [1.807, 2.05) is 36.7 Å². The predicted octanol–water partition coefficient (Wildman–Crippen LogP) is 7.47. The second-order valence-electron chi connectivity index (χ2n) is 10.8. The van der Waals surface area contributed by atoms with Crippen molar-refractivity contribution < 1.29 is 4.79 Å².